The number of carbonyl (C=O) groups is 1. The molecule has 0 saturated heterocycles. The highest BCUT2D eigenvalue weighted by Gasteiger charge is 2.14. The van der Waals surface area contributed by atoms with Crippen molar-refractivity contribution >= 4 is 44.2 Å². The minimum absolute atomic E-state index is 0.108. The highest BCUT2D eigenvalue weighted by molar-refractivity contribution is 7.22. The molecule has 3 nitrogen and oxygen atoms in total. The molecule has 1 amide bonds. The summed E-state index contributed by atoms with van der Waals surface area (Å²) < 4.78 is 0.971. The Morgan fingerprint density at radius 3 is 2.78 bits per heavy atom. The Labute approximate surface area is 143 Å². The SMILES string of the molecule is O=C(Nc1nc2ccc(Cl)cc2s1)c1ccc2c(c1)CCCC2. The van der Waals surface area contributed by atoms with E-state index >= 15 is 0 Å². The largest absolute Gasteiger partial charge is 0.298 e. The number of nitrogens with one attached hydrogen (secondary N) is 1. The van der Waals surface area contributed by atoms with Crippen LogP contribution in [0.2, 0.25) is 5.02 Å². The summed E-state index contributed by atoms with van der Waals surface area (Å²) in [6, 6.07) is 11.5. The van der Waals surface area contributed by atoms with Crippen LogP contribution in [0.25, 0.3) is 10.2 Å². The monoisotopic (exact) mass is 342 g/mol. The van der Waals surface area contributed by atoms with Crippen LogP contribution in [0.15, 0.2) is 36.4 Å². The van der Waals surface area contributed by atoms with Gasteiger partial charge in [0.2, 0.25) is 0 Å². The zero-order valence-corrected chi connectivity index (χ0v) is 14.0. The predicted octanol–water partition coefficient (Wildman–Crippen LogP) is 5.08. The molecule has 1 heterocycles. The lowest BCUT2D eigenvalue weighted by molar-refractivity contribution is 0.102. The molecule has 4 rings (SSSR count). The van der Waals surface area contributed by atoms with Gasteiger partial charge < -0.3 is 0 Å². The lowest BCUT2D eigenvalue weighted by atomic mass is 9.90. The van der Waals surface area contributed by atoms with Crippen LogP contribution >= 0.6 is 22.9 Å². The van der Waals surface area contributed by atoms with Crippen molar-refractivity contribution in [2.45, 2.75) is 25.7 Å². The fraction of sp³-hybridized carbons (Fsp3) is 0.222. The number of anilines is 1. The van der Waals surface area contributed by atoms with Gasteiger partial charge in [-0.1, -0.05) is 29.0 Å². The second-order valence-corrected chi connectivity index (χ2v) is 7.24. The average Bonchev–Trinajstić information content (AvgIpc) is 2.95. The Morgan fingerprint density at radius 1 is 1.09 bits per heavy atom. The van der Waals surface area contributed by atoms with E-state index in [1.807, 2.05) is 24.3 Å². The molecule has 116 valence electrons. The van der Waals surface area contributed by atoms with E-state index < -0.39 is 0 Å². The summed E-state index contributed by atoms with van der Waals surface area (Å²) in [4.78, 5) is 16.9. The molecule has 0 bridgehead atoms. The zero-order valence-electron chi connectivity index (χ0n) is 12.4. The van der Waals surface area contributed by atoms with Gasteiger partial charge in [0.15, 0.2) is 5.13 Å². The van der Waals surface area contributed by atoms with E-state index in [-0.39, 0.29) is 5.91 Å². The highest BCUT2D eigenvalue weighted by atomic mass is 35.5. The van der Waals surface area contributed by atoms with E-state index in [1.54, 1.807) is 6.07 Å². The van der Waals surface area contributed by atoms with Crippen LogP contribution in [0.3, 0.4) is 0 Å². The second kappa shape index (κ2) is 5.95. The molecule has 1 aromatic heterocycles. The number of aryl methyl sites for hydroxylation is 2. The molecule has 0 saturated carbocycles. The van der Waals surface area contributed by atoms with Crippen molar-refractivity contribution in [3.05, 3.63) is 58.1 Å². The highest BCUT2D eigenvalue weighted by Crippen LogP contribution is 2.29. The molecular weight excluding hydrogens is 328 g/mol. The van der Waals surface area contributed by atoms with Crippen LogP contribution in [0.1, 0.15) is 34.3 Å². The van der Waals surface area contributed by atoms with Gasteiger partial charge in [-0.05, 0) is 67.1 Å². The summed E-state index contributed by atoms with van der Waals surface area (Å²) in [5.41, 5.74) is 4.23. The Bertz CT molecular complexity index is 903. The minimum Gasteiger partial charge on any atom is -0.298 e. The third-order valence-electron chi connectivity index (χ3n) is 4.18. The summed E-state index contributed by atoms with van der Waals surface area (Å²) in [6.45, 7) is 0. The molecule has 0 radical (unpaired) electrons. The van der Waals surface area contributed by atoms with E-state index in [4.69, 9.17) is 11.6 Å². The van der Waals surface area contributed by atoms with E-state index in [2.05, 4.69) is 16.4 Å². The minimum atomic E-state index is -0.108. The van der Waals surface area contributed by atoms with Crippen molar-refractivity contribution in [2.24, 2.45) is 0 Å². The number of hydrogen-bond donors (Lipinski definition) is 1. The summed E-state index contributed by atoms with van der Waals surface area (Å²) in [5.74, 6) is -0.108. The molecule has 0 spiro atoms. The number of carbonyl (C=O) groups excluding carboxylic acids is 1. The number of thiazole rings is 1. The fourth-order valence-electron chi connectivity index (χ4n) is 3.00. The third-order valence-corrected chi connectivity index (χ3v) is 5.35. The first-order valence-electron chi connectivity index (χ1n) is 7.68. The number of amides is 1. The van der Waals surface area contributed by atoms with Crippen molar-refractivity contribution in [3.8, 4) is 0 Å². The van der Waals surface area contributed by atoms with Gasteiger partial charge in [0.05, 0.1) is 10.2 Å². The molecule has 0 unspecified atom stereocenters. The zero-order chi connectivity index (χ0) is 15.8. The number of halogens is 1. The molecule has 1 aliphatic carbocycles. The summed E-state index contributed by atoms with van der Waals surface area (Å²) in [5, 5.41) is 4.18. The van der Waals surface area contributed by atoms with Gasteiger partial charge in [-0.2, -0.15) is 0 Å². The summed E-state index contributed by atoms with van der Waals surface area (Å²) in [6.07, 6.45) is 4.63. The topological polar surface area (TPSA) is 42.0 Å². The number of nitrogens with zero attached hydrogens (tertiary/aromatic N) is 1. The van der Waals surface area contributed by atoms with Gasteiger partial charge in [-0.15, -0.1) is 0 Å². The summed E-state index contributed by atoms with van der Waals surface area (Å²) >= 11 is 7.42. The van der Waals surface area contributed by atoms with E-state index in [1.165, 1.54) is 35.3 Å². The first kappa shape index (κ1) is 14.7. The molecule has 1 aliphatic rings. The van der Waals surface area contributed by atoms with Gasteiger partial charge >= 0.3 is 0 Å². The van der Waals surface area contributed by atoms with Gasteiger partial charge in [0.25, 0.3) is 5.91 Å². The lowest BCUT2D eigenvalue weighted by Crippen LogP contribution is -2.13. The van der Waals surface area contributed by atoms with E-state index in [9.17, 15) is 4.79 Å². The van der Waals surface area contributed by atoms with Crippen LogP contribution < -0.4 is 5.32 Å². The van der Waals surface area contributed by atoms with Crippen LogP contribution in [-0.2, 0) is 12.8 Å². The van der Waals surface area contributed by atoms with Crippen molar-refractivity contribution in [2.75, 3.05) is 5.32 Å². The fourth-order valence-corrected chi connectivity index (χ4v) is 4.13. The predicted molar refractivity (Wildman–Crippen MR) is 95.7 cm³/mol. The molecule has 0 aliphatic heterocycles. The average molecular weight is 343 g/mol. The normalized spacial score (nSPS) is 13.8. The number of aromatic nitrogens is 1. The second-order valence-electron chi connectivity index (χ2n) is 5.78. The standard InChI is InChI=1S/C18H15ClN2OS/c19-14-7-8-15-16(10-14)23-18(20-15)21-17(22)13-6-5-11-3-1-2-4-12(11)9-13/h5-10H,1-4H2,(H,20,21,22). The number of hydrogen-bond acceptors (Lipinski definition) is 3. The van der Waals surface area contributed by atoms with Gasteiger partial charge in [0.1, 0.15) is 0 Å². The first-order chi connectivity index (χ1) is 11.2. The van der Waals surface area contributed by atoms with Crippen molar-refractivity contribution in [1.29, 1.82) is 0 Å². The molecule has 1 N–H and O–H groups in total. The van der Waals surface area contributed by atoms with Crippen LogP contribution in [0.4, 0.5) is 5.13 Å². The molecule has 5 heteroatoms. The van der Waals surface area contributed by atoms with Crippen LogP contribution in [-0.4, -0.2) is 10.9 Å². The van der Waals surface area contributed by atoms with Crippen molar-refractivity contribution < 1.29 is 4.79 Å². The molecule has 23 heavy (non-hydrogen) atoms. The van der Waals surface area contributed by atoms with Gasteiger partial charge in [-0.3, -0.25) is 10.1 Å². The number of rotatable bonds is 2. The molecule has 2 aromatic carbocycles. The third kappa shape index (κ3) is 2.96. The molecular formula is C18H15ClN2OS. The molecule has 0 fully saturated rings. The number of fused-ring (bicyclic) bond motifs is 2. The van der Waals surface area contributed by atoms with Crippen LogP contribution in [0.5, 0.6) is 0 Å². The Morgan fingerprint density at radius 2 is 1.91 bits per heavy atom. The van der Waals surface area contributed by atoms with Gasteiger partial charge in [0, 0.05) is 10.6 Å². The van der Waals surface area contributed by atoms with Crippen LogP contribution in [0, 0.1) is 0 Å². The maximum atomic E-state index is 12.5. The van der Waals surface area contributed by atoms with Crippen molar-refractivity contribution in [3.63, 3.8) is 0 Å². The smallest absolute Gasteiger partial charge is 0.257 e. The maximum absolute atomic E-state index is 12.5. The Hall–Kier alpha value is -1.91. The molecule has 3 aromatic rings. The number of benzene rings is 2. The Kier molecular flexibility index (Phi) is 3.79. The van der Waals surface area contributed by atoms with Gasteiger partial charge in [-0.25, -0.2) is 4.98 Å². The van der Waals surface area contributed by atoms with Crippen molar-refractivity contribution in [1.82, 2.24) is 4.98 Å². The first-order valence-corrected chi connectivity index (χ1v) is 8.88. The Balaban J connectivity index is 1.58. The summed E-state index contributed by atoms with van der Waals surface area (Å²) in [7, 11) is 0. The molecule has 0 atom stereocenters. The lowest BCUT2D eigenvalue weighted by Gasteiger charge is -2.16. The quantitative estimate of drug-likeness (QED) is 0.705. The van der Waals surface area contributed by atoms with E-state index in [0.717, 1.165) is 23.1 Å². The van der Waals surface area contributed by atoms with E-state index in [0.29, 0.717) is 15.7 Å². The maximum Gasteiger partial charge on any atom is 0.257 e.